The van der Waals surface area contributed by atoms with E-state index in [1.165, 1.54) is 40.5 Å². The van der Waals surface area contributed by atoms with Crippen LogP contribution in [0.1, 0.15) is 40.1 Å². The fourth-order valence-electron chi connectivity index (χ4n) is 2.93. The lowest BCUT2D eigenvalue weighted by Crippen LogP contribution is -2.15. The summed E-state index contributed by atoms with van der Waals surface area (Å²) < 4.78 is 22.5. The van der Waals surface area contributed by atoms with Crippen LogP contribution in [0.25, 0.3) is 0 Å². The van der Waals surface area contributed by atoms with Crippen LogP contribution in [0.2, 0.25) is 0 Å². The van der Waals surface area contributed by atoms with Crippen molar-refractivity contribution < 1.29 is 13.2 Å². The molecule has 0 aliphatic heterocycles. The summed E-state index contributed by atoms with van der Waals surface area (Å²) in [5.74, 6) is -0.254. The molecule has 5 N–H and O–H groups in total. The van der Waals surface area contributed by atoms with Crippen molar-refractivity contribution in [2.24, 2.45) is 5.14 Å². The van der Waals surface area contributed by atoms with Gasteiger partial charge in [0.2, 0.25) is 10.0 Å². The van der Waals surface area contributed by atoms with Gasteiger partial charge in [-0.05, 0) is 55.5 Å². The minimum absolute atomic E-state index is 0.00409. The van der Waals surface area contributed by atoms with Crippen LogP contribution in [-0.4, -0.2) is 14.3 Å². The van der Waals surface area contributed by atoms with E-state index in [0.717, 1.165) is 37.7 Å². The Morgan fingerprint density at radius 2 is 1.75 bits per heavy atom. The number of anilines is 2. The van der Waals surface area contributed by atoms with E-state index in [9.17, 15) is 13.2 Å². The third kappa shape index (κ3) is 3.45. The molecule has 0 saturated heterocycles. The van der Waals surface area contributed by atoms with Gasteiger partial charge >= 0.3 is 0 Å². The Hall–Kier alpha value is -1.90. The van der Waals surface area contributed by atoms with E-state index in [2.05, 4.69) is 5.32 Å². The Bertz CT molecular complexity index is 871. The zero-order chi connectivity index (χ0) is 17.3. The van der Waals surface area contributed by atoms with Crippen LogP contribution in [-0.2, 0) is 22.9 Å². The first kappa shape index (κ1) is 16.9. The fraction of sp³-hybridized carbons (Fsp3) is 0.312. The van der Waals surface area contributed by atoms with Crippen molar-refractivity contribution in [3.63, 3.8) is 0 Å². The number of amides is 1. The van der Waals surface area contributed by atoms with Crippen LogP contribution in [0.5, 0.6) is 0 Å². The molecule has 24 heavy (non-hydrogen) atoms. The van der Waals surface area contributed by atoms with Crippen molar-refractivity contribution in [2.75, 3.05) is 11.1 Å². The lowest BCUT2D eigenvalue weighted by Gasteiger charge is -2.08. The summed E-state index contributed by atoms with van der Waals surface area (Å²) >= 11 is 1.50. The average molecular weight is 365 g/mol. The predicted molar refractivity (Wildman–Crippen MR) is 95.8 cm³/mol. The van der Waals surface area contributed by atoms with E-state index in [1.54, 1.807) is 0 Å². The van der Waals surface area contributed by atoms with E-state index in [1.807, 2.05) is 0 Å². The number of nitrogens with two attached hydrogens (primary N) is 2. The first-order valence-corrected chi connectivity index (χ1v) is 10.1. The number of thiophene rings is 1. The number of nitrogen functional groups attached to an aromatic ring is 1. The molecule has 0 atom stereocenters. The second-order valence-electron chi connectivity index (χ2n) is 5.83. The summed E-state index contributed by atoms with van der Waals surface area (Å²) in [4.78, 5) is 13.8. The van der Waals surface area contributed by atoms with Gasteiger partial charge < -0.3 is 11.1 Å². The number of carbonyl (C=O) groups excluding carboxylic acids is 1. The second kappa shape index (κ2) is 6.54. The number of sulfonamides is 1. The number of nitrogens with one attached hydrogen (secondary N) is 1. The van der Waals surface area contributed by atoms with Gasteiger partial charge in [-0.1, -0.05) is 6.42 Å². The number of primary sulfonamides is 1. The average Bonchev–Trinajstić information content (AvgIpc) is 2.67. The van der Waals surface area contributed by atoms with Crippen molar-refractivity contribution in [3.05, 3.63) is 40.3 Å². The highest BCUT2D eigenvalue weighted by Gasteiger charge is 2.23. The molecule has 0 radical (unpaired) electrons. The van der Waals surface area contributed by atoms with Crippen molar-refractivity contribution in [1.82, 2.24) is 0 Å². The van der Waals surface area contributed by atoms with Gasteiger partial charge in [0.15, 0.2) is 0 Å². The Morgan fingerprint density at radius 3 is 2.42 bits per heavy atom. The second-order valence-corrected chi connectivity index (χ2v) is 8.53. The number of aryl methyl sites for hydroxylation is 1. The van der Waals surface area contributed by atoms with Gasteiger partial charge in [0.05, 0.1) is 15.5 Å². The van der Waals surface area contributed by atoms with Gasteiger partial charge in [-0.15, -0.1) is 11.3 Å². The standard InChI is InChI=1S/C16H19N3O3S2/c17-15-14(12-4-2-1-3-5-13(12)23-15)16(20)19-10-6-8-11(9-7-10)24(18,21)22/h6-9H,1-5,17H2,(H,19,20)(H2,18,21,22). The Labute approximate surface area is 144 Å². The molecule has 1 aliphatic carbocycles. The van der Waals surface area contributed by atoms with Crippen molar-refractivity contribution >= 4 is 38.0 Å². The molecule has 128 valence electrons. The Balaban J connectivity index is 1.84. The first-order valence-electron chi connectivity index (χ1n) is 7.70. The van der Waals surface area contributed by atoms with Gasteiger partial charge in [0, 0.05) is 10.6 Å². The van der Waals surface area contributed by atoms with Crippen LogP contribution in [0.4, 0.5) is 10.7 Å². The molecular formula is C16H19N3O3S2. The zero-order valence-corrected chi connectivity index (χ0v) is 14.7. The molecule has 8 heteroatoms. The van der Waals surface area contributed by atoms with Crippen LogP contribution in [0.15, 0.2) is 29.2 Å². The summed E-state index contributed by atoms with van der Waals surface area (Å²) in [6, 6.07) is 5.75. The largest absolute Gasteiger partial charge is 0.390 e. The molecule has 1 aromatic carbocycles. The highest BCUT2D eigenvalue weighted by molar-refractivity contribution is 7.89. The molecule has 1 aliphatic rings. The summed E-state index contributed by atoms with van der Waals surface area (Å²) in [5.41, 5.74) is 8.20. The molecule has 2 aromatic rings. The highest BCUT2D eigenvalue weighted by atomic mass is 32.2. The van der Waals surface area contributed by atoms with E-state index in [0.29, 0.717) is 16.3 Å². The van der Waals surface area contributed by atoms with Gasteiger partial charge in [-0.3, -0.25) is 4.79 Å². The van der Waals surface area contributed by atoms with Gasteiger partial charge in [-0.2, -0.15) is 0 Å². The van der Waals surface area contributed by atoms with Gasteiger partial charge in [-0.25, -0.2) is 13.6 Å². The molecule has 0 bridgehead atoms. The molecule has 3 rings (SSSR count). The predicted octanol–water partition coefficient (Wildman–Crippen LogP) is 2.50. The quantitative estimate of drug-likeness (QED) is 0.725. The highest BCUT2D eigenvalue weighted by Crippen LogP contribution is 2.36. The number of rotatable bonds is 3. The number of hydrogen-bond donors (Lipinski definition) is 3. The Kier molecular flexibility index (Phi) is 4.62. The third-order valence-corrected chi connectivity index (χ3v) is 6.17. The molecule has 0 saturated carbocycles. The molecule has 0 unspecified atom stereocenters. The normalized spacial score (nSPS) is 14.7. The molecule has 1 heterocycles. The lowest BCUT2D eigenvalue weighted by molar-refractivity contribution is 0.102. The van der Waals surface area contributed by atoms with Crippen LogP contribution >= 0.6 is 11.3 Å². The van der Waals surface area contributed by atoms with Gasteiger partial charge in [0.25, 0.3) is 5.91 Å². The SMILES string of the molecule is Nc1sc2c(c1C(=O)Nc1ccc(S(N)(=O)=O)cc1)CCCCC2. The summed E-state index contributed by atoms with van der Waals surface area (Å²) in [6.07, 6.45) is 5.20. The van der Waals surface area contributed by atoms with E-state index >= 15 is 0 Å². The smallest absolute Gasteiger partial charge is 0.258 e. The summed E-state index contributed by atoms with van der Waals surface area (Å²) in [7, 11) is -3.75. The molecule has 0 fully saturated rings. The van der Waals surface area contributed by atoms with E-state index < -0.39 is 10.0 Å². The molecule has 6 nitrogen and oxygen atoms in total. The number of hydrogen-bond acceptors (Lipinski definition) is 5. The van der Waals surface area contributed by atoms with Crippen molar-refractivity contribution in [1.29, 1.82) is 0 Å². The Morgan fingerprint density at radius 1 is 1.08 bits per heavy atom. The monoisotopic (exact) mass is 365 g/mol. The summed E-state index contributed by atoms with van der Waals surface area (Å²) in [6.45, 7) is 0. The van der Waals surface area contributed by atoms with Crippen LogP contribution < -0.4 is 16.2 Å². The van der Waals surface area contributed by atoms with E-state index in [4.69, 9.17) is 10.9 Å². The lowest BCUT2D eigenvalue weighted by atomic mass is 10.0. The zero-order valence-electron chi connectivity index (χ0n) is 13.0. The van der Waals surface area contributed by atoms with Gasteiger partial charge in [0.1, 0.15) is 0 Å². The van der Waals surface area contributed by atoms with Crippen molar-refractivity contribution in [3.8, 4) is 0 Å². The number of fused-ring (bicyclic) bond motifs is 1. The maximum Gasteiger partial charge on any atom is 0.258 e. The minimum atomic E-state index is -3.75. The maximum atomic E-state index is 12.6. The molecular weight excluding hydrogens is 346 g/mol. The third-order valence-electron chi connectivity index (χ3n) is 4.12. The summed E-state index contributed by atoms with van der Waals surface area (Å²) in [5, 5.41) is 8.39. The van der Waals surface area contributed by atoms with E-state index in [-0.39, 0.29) is 10.8 Å². The first-order chi connectivity index (χ1) is 11.4. The fourth-order valence-corrected chi connectivity index (χ4v) is 4.61. The molecule has 1 amide bonds. The molecule has 1 aromatic heterocycles. The van der Waals surface area contributed by atoms with Crippen LogP contribution in [0.3, 0.4) is 0 Å². The maximum absolute atomic E-state index is 12.6. The van der Waals surface area contributed by atoms with Crippen molar-refractivity contribution in [2.45, 2.75) is 37.0 Å². The number of carbonyl (C=O) groups is 1. The van der Waals surface area contributed by atoms with Crippen LogP contribution in [0, 0.1) is 0 Å². The minimum Gasteiger partial charge on any atom is -0.390 e. The molecule has 0 spiro atoms. The number of benzene rings is 1. The topological polar surface area (TPSA) is 115 Å².